The summed E-state index contributed by atoms with van der Waals surface area (Å²) in [7, 11) is 1.44. The highest BCUT2D eigenvalue weighted by atomic mass is 19.4. The summed E-state index contributed by atoms with van der Waals surface area (Å²) in [5.41, 5.74) is 0.176. The molecule has 0 saturated carbocycles. The summed E-state index contributed by atoms with van der Waals surface area (Å²) in [6.07, 6.45) is 1.44. The topological polar surface area (TPSA) is 24.5 Å². The van der Waals surface area contributed by atoms with Crippen molar-refractivity contribution in [3.8, 4) is 5.75 Å². The third-order valence-corrected chi connectivity index (χ3v) is 4.65. The van der Waals surface area contributed by atoms with E-state index in [9.17, 15) is 13.2 Å². The number of hydrogen-bond acceptors (Lipinski definition) is 3. The van der Waals surface area contributed by atoms with Crippen molar-refractivity contribution >= 4 is 0 Å². The third kappa shape index (κ3) is 5.47. The predicted octanol–water partition coefficient (Wildman–Crippen LogP) is 4.41. The highest BCUT2D eigenvalue weighted by molar-refractivity contribution is 5.41. The van der Waals surface area contributed by atoms with Gasteiger partial charge in [0.2, 0.25) is 0 Å². The van der Waals surface area contributed by atoms with Crippen LogP contribution in [0, 0.1) is 0 Å². The number of unbranched alkanes of at least 4 members (excludes halogenated alkanes) is 2. The van der Waals surface area contributed by atoms with Crippen molar-refractivity contribution in [3.63, 3.8) is 0 Å². The van der Waals surface area contributed by atoms with Gasteiger partial charge in [-0.05, 0) is 31.4 Å². The van der Waals surface area contributed by atoms with E-state index in [0.717, 1.165) is 69.6 Å². The summed E-state index contributed by atoms with van der Waals surface area (Å²) in [4.78, 5) is 2.34. The summed E-state index contributed by atoms with van der Waals surface area (Å²) in [6, 6.07) is 3.94. The molecule has 1 aliphatic rings. The number of alkyl halides is 3. The Morgan fingerprint density at radius 2 is 2.00 bits per heavy atom. The molecule has 1 saturated heterocycles. The maximum atomic E-state index is 13.0. The van der Waals surface area contributed by atoms with E-state index in [0.29, 0.717) is 5.75 Å². The van der Waals surface area contributed by atoms with E-state index < -0.39 is 11.7 Å². The molecule has 0 radical (unpaired) electrons. The van der Waals surface area contributed by atoms with Crippen molar-refractivity contribution in [2.75, 3.05) is 33.3 Å². The first-order valence-corrected chi connectivity index (χ1v) is 8.78. The van der Waals surface area contributed by atoms with Crippen LogP contribution in [0.15, 0.2) is 30.9 Å². The van der Waals surface area contributed by atoms with Gasteiger partial charge in [0, 0.05) is 37.8 Å². The van der Waals surface area contributed by atoms with E-state index in [4.69, 9.17) is 4.74 Å². The Kier molecular flexibility index (Phi) is 7.32. The normalized spacial score (nSPS) is 17.3. The fourth-order valence-corrected chi connectivity index (χ4v) is 3.32. The lowest BCUT2D eigenvalue weighted by atomic mass is 9.96. The SMILES string of the molecule is C=CCCCC[C@@H](c1ccc(C(F)(F)F)cc1OC)N1CCNCC1. The van der Waals surface area contributed by atoms with Crippen LogP contribution >= 0.6 is 0 Å². The maximum absolute atomic E-state index is 13.0. The lowest BCUT2D eigenvalue weighted by Crippen LogP contribution is -2.45. The van der Waals surface area contributed by atoms with E-state index in [2.05, 4.69) is 16.8 Å². The zero-order valence-electron chi connectivity index (χ0n) is 14.7. The Morgan fingerprint density at radius 1 is 1.28 bits per heavy atom. The molecule has 25 heavy (non-hydrogen) atoms. The van der Waals surface area contributed by atoms with Crippen molar-refractivity contribution in [1.29, 1.82) is 0 Å². The number of allylic oxidation sites excluding steroid dienone is 1. The average Bonchev–Trinajstić information content (AvgIpc) is 2.61. The van der Waals surface area contributed by atoms with E-state index in [1.807, 2.05) is 6.08 Å². The Labute approximate surface area is 147 Å². The molecule has 0 spiro atoms. The molecule has 1 heterocycles. The minimum absolute atomic E-state index is 0.0733. The Bertz CT molecular complexity index is 554. The quantitative estimate of drug-likeness (QED) is 0.552. The number of nitrogens with one attached hydrogen (secondary N) is 1. The van der Waals surface area contributed by atoms with Gasteiger partial charge in [-0.3, -0.25) is 4.90 Å². The summed E-state index contributed by atoms with van der Waals surface area (Å²) >= 11 is 0. The van der Waals surface area contributed by atoms with Gasteiger partial charge in [0.25, 0.3) is 0 Å². The number of rotatable bonds is 8. The molecule has 3 nitrogen and oxygen atoms in total. The van der Waals surface area contributed by atoms with Gasteiger partial charge in [0.05, 0.1) is 12.7 Å². The van der Waals surface area contributed by atoms with Gasteiger partial charge in [-0.2, -0.15) is 13.2 Å². The second-order valence-corrected chi connectivity index (χ2v) is 6.33. The van der Waals surface area contributed by atoms with Crippen LogP contribution in [-0.4, -0.2) is 38.2 Å². The molecule has 140 valence electrons. The van der Waals surface area contributed by atoms with Crippen LogP contribution in [0.2, 0.25) is 0 Å². The smallest absolute Gasteiger partial charge is 0.416 e. The Morgan fingerprint density at radius 3 is 2.60 bits per heavy atom. The monoisotopic (exact) mass is 356 g/mol. The molecule has 0 unspecified atom stereocenters. The Balaban J connectivity index is 2.26. The Hall–Kier alpha value is -1.53. The molecular formula is C19H27F3N2O. The van der Waals surface area contributed by atoms with E-state index >= 15 is 0 Å². The number of methoxy groups -OCH3 is 1. The van der Waals surface area contributed by atoms with Crippen molar-refractivity contribution in [2.45, 2.75) is 37.9 Å². The van der Waals surface area contributed by atoms with Crippen molar-refractivity contribution in [1.82, 2.24) is 10.2 Å². The van der Waals surface area contributed by atoms with E-state index in [1.54, 1.807) is 6.07 Å². The molecule has 0 aromatic heterocycles. The molecule has 0 amide bonds. The van der Waals surface area contributed by atoms with Crippen molar-refractivity contribution in [3.05, 3.63) is 42.0 Å². The number of halogens is 3. The summed E-state index contributed by atoms with van der Waals surface area (Å²) in [5, 5.41) is 3.32. The van der Waals surface area contributed by atoms with Crippen LogP contribution in [0.3, 0.4) is 0 Å². The van der Waals surface area contributed by atoms with Gasteiger partial charge in [0.15, 0.2) is 0 Å². The minimum atomic E-state index is -4.36. The second-order valence-electron chi connectivity index (χ2n) is 6.33. The third-order valence-electron chi connectivity index (χ3n) is 4.65. The van der Waals surface area contributed by atoms with Crippen LogP contribution in [0.1, 0.15) is 42.9 Å². The van der Waals surface area contributed by atoms with Gasteiger partial charge in [0.1, 0.15) is 5.75 Å². The predicted molar refractivity (Wildman–Crippen MR) is 93.8 cm³/mol. The second kappa shape index (κ2) is 9.25. The summed E-state index contributed by atoms with van der Waals surface area (Å²) < 4.78 is 44.3. The minimum Gasteiger partial charge on any atom is -0.496 e. The molecule has 2 rings (SSSR count). The van der Waals surface area contributed by atoms with Crippen LogP contribution < -0.4 is 10.1 Å². The molecule has 1 aliphatic heterocycles. The molecular weight excluding hydrogens is 329 g/mol. The van der Waals surface area contributed by atoms with E-state index in [1.165, 1.54) is 7.11 Å². The van der Waals surface area contributed by atoms with Gasteiger partial charge in [-0.1, -0.05) is 18.6 Å². The van der Waals surface area contributed by atoms with E-state index in [-0.39, 0.29) is 6.04 Å². The van der Waals surface area contributed by atoms with Crippen LogP contribution in [-0.2, 0) is 6.18 Å². The fourth-order valence-electron chi connectivity index (χ4n) is 3.32. The molecule has 1 aromatic carbocycles. The number of ether oxygens (including phenoxy) is 1. The van der Waals surface area contributed by atoms with Crippen molar-refractivity contribution in [2.24, 2.45) is 0 Å². The molecule has 1 N–H and O–H groups in total. The van der Waals surface area contributed by atoms with Crippen LogP contribution in [0.25, 0.3) is 0 Å². The van der Waals surface area contributed by atoms with Crippen LogP contribution in [0.5, 0.6) is 5.75 Å². The first kappa shape index (κ1) is 19.8. The number of piperazine rings is 1. The standard InChI is InChI=1S/C19H27F3N2O/c1-3-4-5-6-7-17(24-12-10-23-11-13-24)16-9-8-15(19(20,21)22)14-18(16)25-2/h3,8-9,14,17,23H,1,4-7,10-13H2,2H3/t17-/m0/s1. The zero-order valence-corrected chi connectivity index (χ0v) is 14.7. The highest BCUT2D eigenvalue weighted by Crippen LogP contribution is 2.38. The van der Waals surface area contributed by atoms with Gasteiger partial charge in [-0.15, -0.1) is 6.58 Å². The molecule has 0 bridgehead atoms. The molecule has 0 aliphatic carbocycles. The molecule has 1 fully saturated rings. The highest BCUT2D eigenvalue weighted by Gasteiger charge is 2.32. The first-order valence-electron chi connectivity index (χ1n) is 8.78. The summed E-state index contributed by atoms with van der Waals surface area (Å²) in [5.74, 6) is 0.321. The fraction of sp³-hybridized carbons (Fsp3) is 0.579. The van der Waals surface area contributed by atoms with Gasteiger partial charge < -0.3 is 10.1 Å². The zero-order chi connectivity index (χ0) is 18.3. The lowest BCUT2D eigenvalue weighted by molar-refractivity contribution is -0.137. The van der Waals surface area contributed by atoms with Gasteiger partial charge >= 0.3 is 6.18 Å². The summed E-state index contributed by atoms with van der Waals surface area (Å²) in [6.45, 7) is 7.30. The molecule has 1 aromatic rings. The number of nitrogens with zero attached hydrogens (tertiary/aromatic N) is 1. The number of hydrogen-bond donors (Lipinski definition) is 1. The number of benzene rings is 1. The molecule has 1 atom stereocenters. The average molecular weight is 356 g/mol. The molecule has 6 heteroatoms. The largest absolute Gasteiger partial charge is 0.496 e. The van der Waals surface area contributed by atoms with Gasteiger partial charge in [-0.25, -0.2) is 0 Å². The van der Waals surface area contributed by atoms with Crippen LogP contribution in [0.4, 0.5) is 13.2 Å². The first-order chi connectivity index (χ1) is 12.0. The maximum Gasteiger partial charge on any atom is 0.416 e. The van der Waals surface area contributed by atoms with Crippen molar-refractivity contribution < 1.29 is 17.9 Å². The lowest BCUT2D eigenvalue weighted by Gasteiger charge is -2.36.